The Morgan fingerprint density at radius 3 is 2.52 bits per heavy atom. The molecule has 2 aliphatic heterocycles. The number of ether oxygens (including phenoxy) is 2. The summed E-state index contributed by atoms with van der Waals surface area (Å²) in [6.45, 7) is 0. The smallest absolute Gasteiger partial charge is 0.287 e. The van der Waals surface area contributed by atoms with E-state index in [4.69, 9.17) is 20.3 Å². The van der Waals surface area contributed by atoms with Gasteiger partial charge >= 0.3 is 0 Å². The number of fused-ring (bicyclic) bond motifs is 1. The van der Waals surface area contributed by atoms with Gasteiger partial charge in [-0.05, 0) is 11.2 Å². The van der Waals surface area contributed by atoms with Crippen LogP contribution in [0.3, 0.4) is 0 Å². The number of nitrogens with zero attached hydrogens (tertiary/aromatic N) is 5. The Balaban J connectivity index is 1.72. The molecule has 2 aromatic rings. The Morgan fingerprint density at radius 2 is 1.85 bits per heavy atom. The molecule has 1 aromatic heterocycles. The largest absolute Gasteiger partial charge is 0.497 e. The number of guanidine groups is 1. The van der Waals surface area contributed by atoms with Crippen molar-refractivity contribution in [1.29, 1.82) is 0 Å². The Bertz CT molecular complexity index is 973. The number of amidine groups is 1. The van der Waals surface area contributed by atoms with Crippen molar-refractivity contribution in [3.63, 3.8) is 0 Å². The monoisotopic (exact) mass is 364 g/mol. The molecule has 3 N–H and O–H groups in total. The fourth-order valence-corrected chi connectivity index (χ4v) is 2.82. The van der Waals surface area contributed by atoms with E-state index in [-0.39, 0.29) is 4.59 Å². The maximum Gasteiger partial charge on any atom is 0.287 e. The Hall–Kier alpha value is -3.72. The van der Waals surface area contributed by atoms with E-state index in [0.29, 0.717) is 29.1 Å². The normalized spacial score (nSPS) is 19.9. The van der Waals surface area contributed by atoms with E-state index in [9.17, 15) is 0 Å². The highest BCUT2D eigenvalue weighted by Gasteiger charge is 2.43. The summed E-state index contributed by atoms with van der Waals surface area (Å²) in [5.74, 6) is 2.83. The molecule has 0 bridgehead atoms. The van der Waals surface area contributed by atoms with Gasteiger partial charge in [-0.25, -0.2) is 4.98 Å². The van der Waals surface area contributed by atoms with Gasteiger partial charge in [0.1, 0.15) is 23.5 Å². The molecule has 27 heavy (non-hydrogen) atoms. The van der Waals surface area contributed by atoms with Crippen molar-refractivity contribution in [2.24, 2.45) is 15.1 Å². The number of aromatic nitrogens is 1. The average molecular weight is 364 g/mol. The van der Waals surface area contributed by atoms with E-state index in [2.05, 4.69) is 20.3 Å². The number of nitrogens with one attached hydrogen (secondary N) is 1. The highest BCUT2D eigenvalue weighted by atomic mass is 16.5. The SMILES string of the molecule is COc1cc(NC2=N[N+]3(c4ccc(N)nc4)C=CN=CC3=N2)cc(OC)c1. The predicted octanol–water partition coefficient (Wildman–Crippen LogP) is 2.34. The number of hydrogen-bond acceptors (Lipinski definition) is 8. The van der Waals surface area contributed by atoms with E-state index < -0.39 is 0 Å². The van der Waals surface area contributed by atoms with Gasteiger partial charge in [0.2, 0.25) is 0 Å². The summed E-state index contributed by atoms with van der Waals surface area (Å²) in [6, 6.07) is 9.05. The number of aliphatic imine (C=N–C) groups is 2. The molecular formula is C18H18N7O2+. The number of hydrogen-bond donors (Lipinski definition) is 2. The molecule has 0 fully saturated rings. The van der Waals surface area contributed by atoms with Crippen molar-refractivity contribution in [2.75, 3.05) is 25.3 Å². The third-order valence-electron chi connectivity index (χ3n) is 4.15. The molecule has 0 saturated heterocycles. The maximum absolute atomic E-state index is 5.71. The fourth-order valence-electron chi connectivity index (χ4n) is 2.82. The standard InChI is InChI=1S/C18H18N7O2/c1-26-14-7-12(8-15(9-14)27-2)22-18-23-17-11-20-5-6-25(17,24-18)13-3-4-16(19)21-10-13/h3-11H,1-2H3,(H2,19,21)(H,22,24)/q+1. The van der Waals surface area contributed by atoms with Gasteiger partial charge in [-0.1, -0.05) is 4.59 Å². The first-order valence-electron chi connectivity index (χ1n) is 8.14. The Morgan fingerprint density at radius 1 is 1.07 bits per heavy atom. The zero-order valence-corrected chi connectivity index (χ0v) is 14.8. The van der Waals surface area contributed by atoms with Crippen molar-refractivity contribution in [1.82, 2.24) is 9.58 Å². The first kappa shape index (κ1) is 16.7. The lowest BCUT2D eigenvalue weighted by Gasteiger charge is -2.23. The van der Waals surface area contributed by atoms with E-state index in [1.54, 1.807) is 45.0 Å². The van der Waals surface area contributed by atoms with Crippen molar-refractivity contribution >= 4 is 35.2 Å². The summed E-state index contributed by atoms with van der Waals surface area (Å²) in [7, 11) is 3.20. The molecule has 1 unspecified atom stereocenters. The highest BCUT2D eigenvalue weighted by molar-refractivity contribution is 6.38. The lowest BCUT2D eigenvalue weighted by Crippen LogP contribution is -2.44. The maximum atomic E-state index is 5.71. The second-order valence-electron chi connectivity index (χ2n) is 5.82. The van der Waals surface area contributed by atoms with Crippen molar-refractivity contribution < 1.29 is 9.47 Å². The number of methoxy groups -OCH3 is 2. The van der Waals surface area contributed by atoms with Crippen LogP contribution in [0.15, 0.2) is 64.0 Å². The zero-order valence-electron chi connectivity index (χ0n) is 14.8. The molecular weight excluding hydrogens is 346 g/mol. The number of anilines is 2. The molecule has 1 aromatic carbocycles. The minimum Gasteiger partial charge on any atom is -0.497 e. The molecule has 1 atom stereocenters. The quantitative estimate of drug-likeness (QED) is 0.810. The summed E-state index contributed by atoms with van der Waals surface area (Å²) >= 11 is 0. The molecule has 3 heterocycles. The first-order valence-corrected chi connectivity index (χ1v) is 8.14. The van der Waals surface area contributed by atoms with Gasteiger partial charge in [0.05, 0.1) is 26.6 Å². The van der Waals surface area contributed by atoms with Crippen molar-refractivity contribution in [2.45, 2.75) is 0 Å². The number of benzene rings is 1. The Kier molecular flexibility index (Phi) is 4.05. The number of nitrogen functional groups attached to an aromatic ring is 1. The summed E-state index contributed by atoms with van der Waals surface area (Å²) < 4.78 is 10.6. The molecule has 0 amide bonds. The van der Waals surface area contributed by atoms with E-state index in [1.807, 2.05) is 24.4 Å². The molecule has 0 spiro atoms. The van der Waals surface area contributed by atoms with Crippen molar-refractivity contribution in [3.8, 4) is 11.5 Å². The van der Waals surface area contributed by atoms with Crippen LogP contribution in [-0.2, 0) is 0 Å². The number of rotatable bonds is 4. The minimum absolute atomic E-state index is 0.0280. The Labute approximate surface area is 155 Å². The van der Waals surface area contributed by atoms with E-state index in [1.165, 1.54) is 0 Å². The minimum atomic E-state index is 0.0280. The van der Waals surface area contributed by atoms with Gasteiger partial charge < -0.3 is 20.5 Å². The summed E-state index contributed by atoms with van der Waals surface area (Å²) in [5.41, 5.74) is 7.25. The van der Waals surface area contributed by atoms with Gasteiger partial charge in [0.25, 0.3) is 11.8 Å². The van der Waals surface area contributed by atoms with Gasteiger partial charge in [0, 0.05) is 30.0 Å². The number of quaternary nitrogens is 1. The van der Waals surface area contributed by atoms with Gasteiger partial charge in [-0.15, -0.1) is 0 Å². The summed E-state index contributed by atoms with van der Waals surface area (Å²) in [5, 5.41) is 7.95. The average Bonchev–Trinajstić information content (AvgIpc) is 3.07. The van der Waals surface area contributed by atoms with Crippen LogP contribution in [0.1, 0.15) is 0 Å². The third kappa shape index (κ3) is 3.00. The van der Waals surface area contributed by atoms with Crippen LogP contribution in [0.5, 0.6) is 11.5 Å². The molecule has 4 rings (SSSR count). The van der Waals surface area contributed by atoms with Crippen LogP contribution >= 0.6 is 0 Å². The third-order valence-corrected chi connectivity index (χ3v) is 4.15. The zero-order chi connectivity index (χ0) is 18.9. The van der Waals surface area contributed by atoms with Crippen LogP contribution in [0.2, 0.25) is 0 Å². The van der Waals surface area contributed by atoms with Crippen LogP contribution in [0.4, 0.5) is 17.2 Å². The van der Waals surface area contributed by atoms with Crippen LogP contribution in [-0.4, -0.2) is 37.2 Å². The molecule has 9 heteroatoms. The van der Waals surface area contributed by atoms with Gasteiger partial charge in [-0.3, -0.25) is 4.99 Å². The van der Waals surface area contributed by atoms with Gasteiger partial charge in [-0.2, -0.15) is 4.99 Å². The topological polar surface area (TPSA) is 106 Å². The molecule has 0 aliphatic carbocycles. The predicted molar refractivity (Wildman–Crippen MR) is 106 cm³/mol. The van der Waals surface area contributed by atoms with Crippen LogP contribution < -0.4 is 25.1 Å². The fraction of sp³-hybridized carbons (Fsp3) is 0.111. The number of nitrogens with two attached hydrogens (primary N) is 1. The highest BCUT2D eigenvalue weighted by Crippen LogP contribution is 2.31. The van der Waals surface area contributed by atoms with Gasteiger partial charge in [0.15, 0.2) is 11.9 Å². The molecule has 0 radical (unpaired) electrons. The van der Waals surface area contributed by atoms with E-state index >= 15 is 0 Å². The van der Waals surface area contributed by atoms with Crippen LogP contribution in [0, 0.1) is 0 Å². The first-order chi connectivity index (χ1) is 13.1. The molecule has 136 valence electrons. The van der Waals surface area contributed by atoms with Crippen molar-refractivity contribution in [3.05, 3.63) is 48.9 Å². The lowest BCUT2D eigenvalue weighted by atomic mass is 10.3. The number of pyridine rings is 1. The molecule has 9 nitrogen and oxygen atoms in total. The molecule has 2 aliphatic rings. The molecule has 0 saturated carbocycles. The lowest BCUT2D eigenvalue weighted by molar-refractivity contribution is 0.395. The van der Waals surface area contributed by atoms with Crippen LogP contribution in [0.25, 0.3) is 0 Å². The second kappa shape index (κ2) is 6.54. The summed E-state index contributed by atoms with van der Waals surface area (Å²) in [4.78, 5) is 12.9. The van der Waals surface area contributed by atoms with E-state index in [0.717, 1.165) is 11.4 Å². The second-order valence-corrected chi connectivity index (χ2v) is 5.82. The summed E-state index contributed by atoms with van der Waals surface area (Å²) in [6.07, 6.45) is 6.85.